The molecule has 0 bridgehead atoms. The van der Waals surface area contributed by atoms with Gasteiger partial charge >= 0.3 is 0 Å². The molecule has 0 heterocycles. The van der Waals surface area contributed by atoms with Crippen molar-refractivity contribution in [2.45, 2.75) is 33.1 Å². The Morgan fingerprint density at radius 1 is 1.45 bits per heavy atom. The third-order valence-electron chi connectivity index (χ3n) is 0.727. The second-order valence-corrected chi connectivity index (χ2v) is 2.49. The van der Waals surface area contributed by atoms with E-state index in [1.165, 1.54) is 6.92 Å². The van der Waals surface area contributed by atoms with E-state index >= 15 is 0 Å². The average molecular weight is 180 g/mol. The Balaban J connectivity index is 0. The van der Waals surface area contributed by atoms with Gasteiger partial charge in [-0.05, 0) is 18.0 Å². The normalized spacial score (nSPS) is 7.91. The number of hydrogen-bond donors (Lipinski definition) is 1. The third kappa shape index (κ3) is 44.2. The second-order valence-electron chi connectivity index (χ2n) is 2.07. The summed E-state index contributed by atoms with van der Waals surface area (Å²) in [4.78, 5) is 19.2. The minimum absolute atomic E-state index is 0.221. The molecular formula is C7H14ClNO2. The zero-order chi connectivity index (χ0) is 9.28. The first kappa shape index (κ1) is 13.1. The maximum absolute atomic E-state index is 9.97. The maximum Gasteiger partial charge on any atom is 0.221 e. The van der Waals surface area contributed by atoms with Gasteiger partial charge in [-0.15, -0.1) is 0 Å². The van der Waals surface area contributed by atoms with Gasteiger partial charge in [0.15, 0.2) is 0 Å². The molecular weight excluding hydrogens is 166 g/mol. The molecule has 0 aromatic rings. The predicted octanol–water partition coefficient (Wildman–Crippen LogP) is 1.43. The Labute approximate surface area is 71.9 Å². The summed E-state index contributed by atoms with van der Waals surface area (Å²) in [6.07, 6.45) is 2.48. The monoisotopic (exact) mass is 179 g/mol. The molecule has 0 saturated heterocycles. The quantitative estimate of drug-likeness (QED) is 0.667. The van der Waals surface area contributed by atoms with Crippen LogP contribution in [0.3, 0.4) is 0 Å². The van der Waals surface area contributed by atoms with Crippen LogP contribution in [0.15, 0.2) is 0 Å². The van der Waals surface area contributed by atoms with E-state index < -0.39 is 0 Å². The van der Waals surface area contributed by atoms with Crippen molar-refractivity contribution in [3.05, 3.63) is 0 Å². The fraction of sp³-hybridized carbons (Fsp3) is 0.714. The summed E-state index contributed by atoms with van der Waals surface area (Å²) in [7, 11) is 0. The third-order valence-corrected chi connectivity index (χ3v) is 0.916. The van der Waals surface area contributed by atoms with Crippen molar-refractivity contribution in [3.63, 3.8) is 0 Å². The lowest BCUT2D eigenvalue weighted by atomic mass is 10.3. The highest BCUT2D eigenvalue weighted by atomic mass is 35.5. The molecule has 0 aromatic carbocycles. The Kier molecular flexibility index (Phi) is 11.2. The molecule has 0 rings (SSSR count). The molecule has 0 saturated carbocycles. The summed E-state index contributed by atoms with van der Waals surface area (Å²) < 4.78 is 0. The fourth-order valence-corrected chi connectivity index (χ4v) is 0.449. The van der Waals surface area contributed by atoms with Gasteiger partial charge in [0, 0.05) is 13.3 Å². The van der Waals surface area contributed by atoms with Gasteiger partial charge in [0.25, 0.3) is 0 Å². The second kappa shape index (κ2) is 9.43. The molecule has 0 aliphatic heterocycles. The van der Waals surface area contributed by atoms with Crippen LogP contribution in [-0.4, -0.2) is 11.1 Å². The van der Waals surface area contributed by atoms with Crippen LogP contribution < -0.4 is 5.73 Å². The van der Waals surface area contributed by atoms with E-state index in [9.17, 15) is 9.59 Å². The number of nitrogens with two attached hydrogens (primary N) is 1. The highest BCUT2D eigenvalue weighted by Gasteiger charge is 1.90. The number of carbonyl (C=O) groups is 2. The van der Waals surface area contributed by atoms with Crippen molar-refractivity contribution in [2.75, 3.05) is 0 Å². The molecule has 66 valence electrons. The summed E-state index contributed by atoms with van der Waals surface area (Å²) in [5.74, 6) is -0.333. The molecule has 1 amide bonds. The molecule has 0 spiro atoms. The zero-order valence-electron chi connectivity index (χ0n) is 6.89. The predicted molar refractivity (Wildman–Crippen MR) is 45.3 cm³/mol. The lowest BCUT2D eigenvalue weighted by molar-refractivity contribution is -0.116. The first-order valence-electron chi connectivity index (χ1n) is 3.45. The van der Waals surface area contributed by atoms with Crippen molar-refractivity contribution in [1.29, 1.82) is 0 Å². The summed E-state index contributed by atoms with van der Waals surface area (Å²) in [5, 5.41) is -0.221. The number of rotatable bonds is 3. The van der Waals surface area contributed by atoms with Crippen LogP contribution in [0.1, 0.15) is 33.1 Å². The molecule has 11 heavy (non-hydrogen) atoms. The molecule has 0 aliphatic rings. The smallest absolute Gasteiger partial charge is 0.221 e. The van der Waals surface area contributed by atoms with Crippen LogP contribution in [0.5, 0.6) is 0 Å². The molecule has 4 heteroatoms. The number of carbonyl (C=O) groups excluding carboxylic acids is 2. The molecule has 0 aliphatic carbocycles. The SMILES string of the molecule is CC(N)=O.CCCCC(=O)Cl. The van der Waals surface area contributed by atoms with Crippen molar-refractivity contribution in [3.8, 4) is 0 Å². The minimum Gasteiger partial charge on any atom is -0.370 e. The van der Waals surface area contributed by atoms with E-state index in [1.807, 2.05) is 6.92 Å². The van der Waals surface area contributed by atoms with E-state index in [4.69, 9.17) is 11.6 Å². The summed E-state index contributed by atoms with van der Waals surface area (Å²) in [5.41, 5.74) is 4.47. The van der Waals surface area contributed by atoms with Crippen LogP contribution in [0.4, 0.5) is 0 Å². The van der Waals surface area contributed by atoms with E-state index in [1.54, 1.807) is 0 Å². The Bertz CT molecular complexity index is 122. The number of primary amides is 1. The fourth-order valence-electron chi connectivity index (χ4n) is 0.316. The maximum atomic E-state index is 9.97. The standard InChI is InChI=1S/C5H9ClO.C2H5NO/c1-2-3-4-5(6)7;1-2(3)4/h2-4H2,1H3;1H3,(H2,3,4). The number of halogens is 1. The van der Waals surface area contributed by atoms with Gasteiger partial charge in [-0.25, -0.2) is 0 Å². The molecule has 0 aromatic heterocycles. The minimum atomic E-state index is -0.333. The van der Waals surface area contributed by atoms with Gasteiger partial charge in [-0.2, -0.15) is 0 Å². The van der Waals surface area contributed by atoms with E-state index in [-0.39, 0.29) is 11.1 Å². The van der Waals surface area contributed by atoms with E-state index in [0.29, 0.717) is 6.42 Å². The largest absolute Gasteiger partial charge is 0.370 e. The molecule has 3 nitrogen and oxygen atoms in total. The van der Waals surface area contributed by atoms with Gasteiger partial charge in [0.1, 0.15) is 0 Å². The van der Waals surface area contributed by atoms with E-state index in [0.717, 1.165) is 12.8 Å². The van der Waals surface area contributed by atoms with Gasteiger partial charge in [0.05, 0.1) is 0 Å². The van der Waals surface area contributed by atoms with Gasteiger partial charge in [0.2, 0.25) is 11.1 Å². The Morgan fingerprint density at radius 3 is 1.91 bits per heavy atom. The average Bonchev–Trinajstić information content (AvgIpc) is 1.82. The topological polar surface area (TPSA) is 60.2 Å². The first-order valence-corrected chi connectivity index (χ1v) is 3.82. The summed E-state index contributed by atoms with van der Waals surface area (Å²) in [6, 6.07) is 0. The van der Waals surface area contributed by atoms with Crippen molar-refractivity contribution < 1.29 is 9.59 Å². The Morgan fingerprint density at radius 2 is 1.82 bits per heavy atom. The lowest BCUT2D eigenvalue weighted by Gasteiger charge is -1.84. The van der Waals surface area contributed by atoms with Gasteiger partial charge in [-0.3, -0.25) is 9.59 Å². The van der Waals surface area contributed by atoms with Crippen molar-refractivity contribution in [2.24, 2.45) is 5.73 Å². The van der Waals surface area contributed by atoms with Gasteiger partial charge < -0.3 is 5.73 Å². The molecule has 0 fully saturated rings. The first-order chi connectivity index (χ1) is 5.00. The Hall–Kier alpha value is -0.570. The van der Waals surface area contributed by atoms with E-state index in [2.05, 4.69) is 5.73 Å². The number of amides is 1. The van der Waals surface area contributed by atoms with Gasteiger partial charge in [-0.1, -0.05) is 13.3 Å². The highest BCUT2D eigenvalue weighted by Crippen LogP contribution is 1.96. The molecule has 0 atom stereocenters. The molecule has 0 radical (unpaired) electrons. The molecule has 0 unspecified atom stereocenters. The number of unbranched alkanes of at least 4 members (excludes halogenated alkanes) is 1. The van der Waals surface area contributed by atoms with Crippen LogP contribution in [0.2, 0.25) is 0 Å². The molecule has 2 N–H and O–H groups in total. The van der Waals surface area contributed by atoms with Crippen LogP contribution >= 0.6 is 11.6 Å². The number of hydrogen-bond acceptors (Lipinski definition) is 2. The van der Waals surface area contributed by atoms with Crippen LogP contribution in [-0.2, 0) is 9.59 Å². The van der Waals surface area contributed by atoms with Crippen LogP contribution in [0, 0.1) is 0 Å². The van der Waals surface area contributed by atoms with Crippen molar-refractivity contribution >= 4 is 22.8 Å². The summed E-state index contributed by atoms with van der Waals surface area (Å²) in [6.45, 7) is 3.33. The highest BCUT2D eigenvalue weighted by molar-refractivity contribution is 6.63. The van der Waals surface area contributed by atoms with Crippen molar-refractivity contribution in [1.82, 2.24) is 0 Å². The zero-order valence-corrected chi connectivity index (χ0v) is 7.65. The summed E-state index contributed by atoms with van der Waals surface area (Å²) >= 11 is 5.02. The van der Waals surface area contributed by atoms with Crippen LogP contribution in [0.25, 0.3) is 0 Å². The lowest BCUT2D eigenvalue weighted by Crippen LogP contribution is -2.01.